The van der Waals surface area contributed by atoms with Crippen molar-refractivity contribution in [2.45, 2.75) is 0 Å². The topological polar surface area (TPSA) is 20.2 Å². The van der Waals surface area contributed by atoms with Gasteiger partial charge in [-0.1, -0.05) is 24.3 Å². The zero-order valence-electron chi connectivity index (χ0n) is 7.29. The number of halogens is 1. The van der Waals surface area contributed by atoms with Crippen LogP contribution in [0.4, 0.5) is 4.39 Å². The van der Waals surface area contributed by atoms with Crippen LogP contribution in [0.2, 0.25) is 0 Å². The summed E-state index contributed by atoms with van der Waals surface area (Å²) in [4.78, 5) is 0. The van der Waals surface area contributed by atoms with Gasteiger partial charge in [-0.05, 0) is 24.3 Å². The fourth-order valence-electron chi connectivity index (χ4n) is 1.28. The normalized spacial score (nSPS) is 9.50. The molecule has 0 unspecified atom stereocenters. The van der Waals surface area contributed by atoms with Gasteiger partial charge in [0.05, 0.1) is 5.56 Å². The van der Waals surface area contributed by atoms with Crippen molar-refractivity contribution < 1.29 is 9.50 Å². The molecular weight excluding hydrogens is 179 g/mol. The number of benzene rings is 1. The molecule has 0 aromatic heterocycles. The Kier molecular flexibility index (Phi) is 2.08. The molecule has 0 bridgehead atoms. The first-order chi connectivity index (χ1) is 6.79. The summed E-state index contributed by atoms with van der Waals surface area (Å²) in [5.41, 5.74) is 0.674. The average molecular weight is 186 g/mol. The highest BCUT2D eigenvalue weighted by Gasteiger charge is 2.08. The molecule has 1 nitrogen and oxygen atoms in total. The van der Waals surface area contributed by atoms with Crippen molar-refractivity contribution in [3.8, 4) is 16.9 Å². The monoisotopic (exact) mass is 186 g/mol. The fourth-order valence-corrected chi connectivity index (χ4v) is 1.28. The van der Waals surface area contributed by atoms with Gasteiger partial charge in [-0.2, -0.15) is 0 Å². The first-order valence-electron chi connectivity index (χ1n) is 4.15. The van der Waals surface area contributed by atoms with Gasteiger partial charge in [0.25, 0.3) is 0 Å². The van der Waals surface area contributed by atoms with Gasteiger partial charge in [0.2, 0.25) is 0 Å². The maximum absolute atomic E-state index is 13.3. The first-order valence-corrected chi connectivity index (χ1v) is 4.15. The van der Waals surface area contributed by atoms with E-state index in [-0.39, 0.29) is 11.3 Å². The molecule has 0 aliphatic heterocycles. The predicted octanol–water partition coefficient (Wildman–Crippen LogP) is 2.80. The summed E-state index contributed by atoms with van der Waals surface area (Å²) in [6.45, 7) is 0. The lowest BCUT2D eigenvalue weighted by molar-refractivity contribution is 0.472. The van der Waals surface area contributed by atoms with Crippen LogP contribution in [0.25, 0.3) is 11.1 Å². The molecule has 2 aromatic rings. The summed E-state index contributed by atoms with van der Waals surface area (Å²) in [6.07, 6.45) is 0. The summed E-state index contributed by atoms with van der Waals surface area (Å²) < 4.78 is 13.3. The third-order valence-electron chi connectivity index (χ3n) is 1.91. The number of hydrogen-bond acceptors (Lipinski definition) is 1. The van der Waals surface area contributed by atoms with Crippen LogP contribution in [0, 0.1) is 17.9 Å². The van der Waals surface area contributed by atoms with Gasteiger partial charge in [-0.25, -0.2) is 4.39 Å². The molecule has 68 valence electrons. The summed E-state index contributed by atoms with van der Waals surface area (Å²) in [5.74, 6) is -0.540. The molecule has 0 aliphatic rings. The van der Waals surface area contributed by atoms with Crippen LogP contribution in [0.5, 0.6) is 5.75 Å². The molecule has 0 heterocycles. The third kappa shape index (κ3) is 1.40. The van der Waals surface area contributed by atoms with Gasteiger partial charge in [0, 0.05) is 5.56 Å². The Morgan fingerprint density at radius 3 is 2.64 bits per heavy atom. The van der Waals surface area contributed by atoms with Crippen LogP contribution in [-0.4, -0.2) is 5.11 Å². The number of aromatic hydroxyl groups is 1. The largest absolute Gasteiger partial charge is 0.507 e. The SMILES string of the molecule is Oc1cccc(F)c1-c1c#cccc1. The standard InChI is InChI=1S/C12H7FO/c13-10-7-4-8-11(14)12(10)9-5-2-1-3-6-9/h1-2,4-5,7-8,14H. The lowest BCUT2D eigenvalue weighted by Crippen LogP contribution is -1.83. The minimum Gasteiger partial charge on any atom is -0.507 e. The molecular formula is C12H7FO. The molecule has 0 saturated heterocycles. The molecule has 0 radical (unpaired) electrons. The van der Waals surface area contributed by atoms with E-state index in [1.54, 1.807) is 18.2 Å². The Balaban J connectivity index is 2.63. The van der Waals surface area contributed by atoms with E-state index in [1.807, 2.05) is 0 Å². The maximum atomic E-state index is 13.3. The lowest BCUT2D eigenvalue weighted by Gasteiger charge is -2.02. The van der Waals surface area contributed by atoms with Gasteiger partial charge in [0.15, 0.2) is 0 Å². The summed E-state index contributed by atoms with van der Waals surface area (Å²) in [6, 6.07) is 14.7. The Morgan fingerprint density at radius 1 is 1.14 bits per heavy atom. The second kappa shape index (κ2) is 3.39. The van der Waals surface area contributed by atoms with Crippen LogP contribution in [0.1, 0.15) is 0 Å². The van der Waals surface area contributed by atoms with Gasteiger partial charge in [-0.15, -0.1) is 0 Å². The average Bonchev–Trinajstić information content (AvgIpc) is 2.19. The Labute approximate surface area is 81.4 Å². The van der Waals surface area contributed by atoms with E-state index in [4.69, 9.17) is 0 Å². The highest BCUT2D eigenvalue weighted by Crippen LogP contribution is 2.29. The Morgan fingerprint density at radius 2 is 2.00 bits per heavy atom. The second-order valence-corrected chi connectivity index (χ2v) is 2.84. The molecule has 0 aliphatic carbocycles. The maximum Gasteiger partial charge on any atom is 0.135 e. The van der Waals surface area contributed by atoms with Crippen molar-refractivity contribution in [2.75, 3.05) is 0 Å². The van der Waals surface area contributed by atoms with Gasteiger partial charge < -0.3 is 5.11 Å². The molecule has 2 aromatic carbocycles. The van der Waals surface area contributed by atoms with Crippen LogP contribution >= 0.6 is 0 Å². The van der Waals surface area contributed by atoms with Crippen molar-refractivity contribution in [3.05, 3.63) is 54.3 Å². The quantitative estimate of drug-likeness (QED) is 0.726. The molecule has 0 spiro atoms. The predicted molar refractivity (Wildman–Crippen MR) is 51.2 cm³/mol. The molecule has 2 heteroatoms. The van der Waals surface area contributed by atoms with E-state index in [0.29, 0.717) is 5.56 Å². The molecule has 0 amide bonds. The third-order valence-corrected chi connectivity index (χ3v) is 1.91. The number of phenolic OH excluding ortho intramolecular Hbond substituents is 1. The zero-order valence-corrected chi connectivity index (χ0v) is 7.29. The number of hydrogen-bond donors (Lipinski definition) is 1. The van der Waals surface area contributed by atoms with E-state index in [9.17, 15) is 9.50 Å². The number of phenols is 1. The summed E-state index contributed by atoms with van der Waals surface area (Å²) in [7, 11) is 0. The highest BCUT2D eigenvalue weighted by atomic mass is 19.1. The van der Waals surface area contributed by atoms with E-state index in [1.165, 1.54) is 18.2 Å². The second-order valence-electron chi connectivity index (χ2n) is 2.84. The highest BCUT2D eigenvalue weighted by molar-refractivity contribution is 5.69. The van der Waals surface area contributed by atoms with E-state index < -0.39 is 5.82 Å². The van der Waals surface area contributed by atoms with Crippen LogP contribution < -0.4 is 0 Å². The van der Waals surface area contributed by atoms with Crippen LogP contribution in [-0.2, 0) is 0 Å². The molecule has 14 heavy (non-hydrogen) atoms. The van der Waals surface area contributed by atoms with Gasteiger partial charge >= 0.3 is 0 Å². The first kappa shape index (κ1) is 8.58. The van der Waals surface area contributed by atoms with Crippen LogP contribution in [0.3, 0.4) is 0 Å². The molecule has 0 saturated carbocycles. The Hall–Kier alpha value is -2.01. The van der Waals surface area contributed by atoms with Crippen molar-refractivity contribution in [1.29, 1.82) is 0 Å². The van der Waals surface area contributed by atoms with Gasteiger partial charge in [0.1, 0.15) is 11.6 Å². The molecule has 2 rings (SSSR count). The molecule has 1 N–H and O–H groups in total. The zero-order chi connectivity index (χ0) is 9.97. The molecule has 0 atom stereocenters. The minimum absolute atomic E-state index is 0.0825. The van der Waals surface area contributed by atoms with Crippen molar-refractivity contribution in [2.24, 2.45) is 0 Å². The summed E-state index contributed by atoms with van der Waals surface area (Å²) in [5, 5.41) is 9.47. The van der Waals surface area contributed by atoms with Gasteiger partial charge in [-0.3, -0.25) is 0 Å². The van der Waals surface area contributed by atoms with Crippen molar-refractivity contribution >= 4 is 0 Å². The van der Waals surface area contributed by atoms with E-state index in [0.717, 1.165) is 0 Å². The Bertz CT molecular complexity index is 417. The summed E-state index contributed by atoms with van der Waals surface area (Å²) >= 11 is 0. The molecule has 0 fully saturated rings. The number of rotatable bonds is 1. The smallest absolute Gasteiger partial charge is 0.135 e. The van der Waals surface area contributed by atoms with E-state index in [2.05, 4.69) is 12.1 Å². The lowest BCUT2D eigenvalue weighted by atomic mass is 10.1. The van der Waals surface area contributed by atoms with Crippen molar-refractivity contribution in [3.63, 3.8) is 0 Å². The van der Waals surface area contributed by atoms with Crippen molar-refractivity contribution in [1.82, 2.24) is 0 Å². The fraction of sp³-hybridized carbons (Fsp3) is 0. The van der Waals surface area contributed by atoms with Crippen LogP contribution in [0.15, 0.2) is 36.4 Å². The van der Waals surface area contributed by atoms with E-state index >= 15 is 0 Å². The minimum atomic E-state index is -0.458.